The first-order valence-corrected chi connectivity index (χ1v) is 8.56. The minimum Gasteiger partial charge on any atom is -0.376 e. The lowest BCUT2D eigenvalue weighted by atomic mass is 10.1. The van der Waals surface area contributed by atoms with Gasteiger partial charge in [-0.15, -0.1) is 0 Å². The molecule has 0 bridgehead atoms. The van der Waals surface area contributed by atoms with Gasteiger partial charge in [-0.05, 0) is 25.0 Å². The number of aryl methyl sites for hydroxylation is 1. The van der Waals surface area contributed by atoms with Gasteiger partial charge in [0.2, 0.25) is 5.95 Å². The molecule has 8 heteroatoms. The number of rotatable bonds is 3. The SMILES string of the molecule is Cc1cnc(Cn2cc(N(C)C)c3c(Cl)nc(N)nc32)c(C)c1Br. The van der Waals surface area contributed by atoms with Crippen molar-refractivity contribution >= 4 is 50.2 Å². The first-order valence-electron chi connectivity index (χ1n) is 7.39. The lowest BCUT2D eigenvalue weighted by molar-refractivity contribution is 0.786. The van der Waals surface area contributed by atoms with Gasteiger partial charge in [0.25, 0.3) is 0 Å². The molecule has 0 aromatic carbocycles. The molecule has 126 valence electrons. The van der Waals surface area contributed by atoms with Gasteiger partial charge >= 0.3 is 0 Å². The Balaban J connectivity index is 2.19. The number of fused-ring (bicyclic) bond motifs is 1. The summed E-state index contributed by atoms with van der Waals surface area (Å²) in [6, 6.07) is 0. The van der Waals surface area contributed by atoms with Crippen molar-refractivity contribution < 1.29 is 0 Å². The molecule has 0 fully saturated rings. The second-order valence-electron chi connectivity index (χ2n) is 5.93. The molecule has 0 unspecified atom stereocenters. The van der Waals surface area contributed by atoms with Gasteiger partial charge in [0.05, 0.1) is 23.3 Å². The summed E-state index contributed by atoms with van der Waals surface area (Å²) in [5.41, 5.74) is 10.6. The van der Waals surface area contributed by atoms with E-state index in [1.165, 1.54) is 0 Å². The first-order chi connectivity index (χ1) is 11.3. The van der Waals surface area contributed by atoms with Crippen LogP contribution in [0.3, 0.4) is 0 Å². The molecule has 0 saturated heterocycles. The molecule has 0 aliphatic rings. The van der Waals surface area contributed by atoms with E-state index in [-0.39, 0.29) is 5.95 Å². The average Bonchev–Trinajstić information content (AvgIpc) is 2.87. The first kappa shape index (κ1) is 17.0. The zero-order valence-corrected chi connectivity index (χ0v) is 16.3. The fourth-order valence-electron chi connectivity index (χ4n) is 2.67. The third-order valence-corrected chi connectivity index (χ3v) is 5.49. The zero-order valence-electron chi connectivity index (χ0n) is 13.9. The molecular weight excluding hydrogens is 392 g/mol. The van der Waals surface area contributed by atoms with Crippen LogP contribution in [0.2, 0.25) is 5.15 Å². The van der Waals surface area contributed by atoms with E-state index in [0.717, 1.165) is 32.4 Å². The predicted octanol–water partition coefficient (Wildman–Crippen LogP) is 3.56. The van der Waals surface area contributed by atoms with Gasteiger partial charge < -0.3 is 15.2 Å². The normalized spacial score (nSPS) is 11.2. The Morgan fingerprint density at radius 3 is 2.67 bits per heavy atom. The van der Waals surface area contributed by atoms with Crippen LogP contribution in [-0.4, -0.2) is 33.6 Å². The molecule has 24 heavy (non-hydrogen) atoms. The Hall–Kier alpha value is -1.86. The Kier molecular flexibility index (Phi) is 4.40. The molecule has 0 aliphatic heterocycles. The smallest absolute Gasteiger partial charge is 0.223 e. The Morgan fingerprint density at radius 2 is 2.00 bits per heavy atom. The van der Waals surface area contributed by atoms with E-state index in [1.807, 2.05) is 49.8 Å². The standard InChI is InChI=1S/C16H18BrClN6/c1-8-5-20-10(9(2)13(8)17)6-24-7-11(23(3)4)12-14(18)21-16(19)22-15(12)24/h5,7H,6H2,1-4H3,(H2,19,21,22). The number of nitrogen functional groups attached to an aromatic ring is 1. The third-order valence-electron chi connectivity index (χ3n) is 3.99. The number of halogens is 2. The molecule has 3 rings (SSSR count). The molecule has 0 saturated carbocycles. The van der Waals surface area contributed by atoms with Crippen LogP contribution in [0.15, 0.2) is 16.9 Å². The van der Waals surface area contributed by atoms with Gasteiger partial charge in [-0.25, -0.2) is 4.98 Å². The van der Waals surface area contributed by atoms with Crippen LogP contribution in [0.4, 0.5) is 11.6 Å². The monoisotopic (exact) mass is 408 g/mol. The highest BCUT2D eigenvalue weighted by molar-refractivity contribution is 9.10. The molecule has 0 radical (unpaired) electrons. The van der Waals surface area contributed by atoms with Crippen LogP contribution in [0.1, 0.15) is 16.8 Å². The maximum atomic E-state index is 6.31. The van der Waals surface area contributed by atoms with E-state index in [4.69, 9.17) is 17.3 Å². The predicted molar refractivity (Wildman–Crippen MR) is 102 cm³/mol. The summed E-state index contributed by atoms with van der Waals surface area (Å²) in [6.07, 6.45) is 3.86. The van der Waals surface area contributed by atoms with E-state index < -0.39 is 0 Å². The maximum Gasteiger partial charge on any atom is 0.223 e. The summed E-state index contributed by atoms with van der Waals surface area (Å²) in [5.74, 6) is 0.159. The minimum atomic E-state index is 0.159. The molecule has 3 aromatic rings. The lowest BCUT2D eigenvalue weighted by Crippen LogP contribution is -2.08. The summed E-state index contributed by atoms with van der Waals surface area (Å²) < 4.78 is 3.08. The van der Waals surface area contributed by atoms with Crippen LogP contribution in [0.25, 0.3) is 11.0 Å². The second kappa shape index (κ2) is 6.22. The van der Waals surface area contributed by atoms with E-state index in [1.54, 1.807) is 0 Å². The van der Waals surface area contributed by atoms with E-state index in [9.17, 15) is 0 Å². The van der Waals surface area contributed by atoms with Crippen molar-refractivity contribution in [1.82, 2.24) is 19.5 Å². The maximum absolute atomic E-state index is 6.31. The van der Waals surface area contributed by atoms with Gasteiger partial charge in [0.15, 0.2) is 0 Å². The molecule has 6 nitrogen and oxygen atoms in total. The zero-order chi connectivity index (χ0) is 17.6. The van der Waals surface area contributed by atoms with Crippen LogP contribution in [0, 0.1) is 13.8 Å². The summed E-state index contributed by atoms with van der Waals surface area (Å²) >= 11 is 9.93. The topological polar surface area (TPSA) is 72.9 Å². The average molecular weight is 410 g/mol. The number of aromatic nitrogens is 4. The van der Waals surface area contributed by atoms with Crippen molar-refractivity contribution in [2.24, 2.45) is 0 Å². The van der Waals surface area contributed by atoms with E-state index in [2.05, 4.69) is 30.9 Å². The lowest BCUT2D eigenvalue weighted by Gasteiger charge is -2.11. The fourth-order valence-corrected chi connectivity index (χ4v) is 3.27. The number of hydrogen-bond donors (Lipinski definition) is 1. The van der Waals surface area contributed by atoms with Crippen molar-refractivity contribution in [2.75, 3.05) is 24.7 Å². The highest BCUT2D eigenvalue weighted by Crippen LogP contribution is 2.33. The molecule has 2 N–H and O–H groups in total. The van der Waals surface area contributed by atoms with Crippen molar-refractivity contribution in [3.8, 4) is 0 Å². The van der Waals surface area contributed by atoms with Crippen molar-refractivity contribution in [3.05, 3.63) is 38.8 Å². The summed E-state index contributed by atoms with van der Waals surface area (Å²) in [5, 5.41) is 1.15. The molecule has 0 aliphatic carbocycles. The molecule has 0 atom stereocenters. The van der Waals surface area contributed by atoms with Crippen molar-refractivity contribution in [1.29, 1.82) is 0 Å². The number of nitrogens with zero attached hydrogens (tertiary/aromatic N) is 5. The Labute approximate surface area is 153 Å². The Morgan fingerprint density at radius 1 is 1.29 bits per heavy atom. The van der Waals surface area contributed by atoms with Crippen LogP contribution in [0.5, 0.6) is 0 Å². The largest absolute Gasteiger partial charge is 0.376 e. The molecule has 0 spiro atoms. The van der Waals surface area contributed by atoms with Crippen molar-refractivity contribution in [2.45, 2.75) is 20.4 Å². The number of nitrogens with two attached hydrogens (primary N) is 1. The number of anilines is 2. The summed E-state index contributed by atoms with van der Waals surface area (Å²) in [4.78, 5) is 15.0. The van der Waals surface area contributed by atoms with Gasteiger partial charge in [0, 0.05) is 31.0 Å². The minimum absolute atomic E-state index is 0.159. The van der Waals surface area contributed by atoms with Gasteiger partial charge in [-0.2, -0.15) is 4.98 Å². The van der Waals surface area contributed by atoms with Gasteiger partial charge in [0.1, 0.15) is 10.8 Å². The molecule has 0 amide bonds. The summed E-state index contributed by atoms with van der Waals surface area (Å²) in [6.45, 7) is 4.65. The molecular formula is C16H18BrClN6. The van der Waals surface area contributed by atoms with E-state index >= 15 is 0 Å². The summed E-state index contributed by atoms with van der Waals surface area (Å²) in [7, 11) is 3.91. The van der Waals surface area contributed by atoms with Crippen molar-refractivity contribution in [3.63, 3.8) is 0 Å². The Bertz CT molecular complexity index is 934. The quantitative estimate of drug-likeness (QED) is 0.670. The molecule has 3 heterocycles. The molecule has 3 aromatic heterocycles. The number of hydrogen-bond acceptors (Lipinski definition) is 5. The second-order valence-corrected chi connectivity index (χ2v) is 7.09. The van der Waals surface area contributed by atoms with Crippen LogP contribution < -0.4 is 10.6 Å². The van der Waals surface area contributed by atoms with E-state index in [0.29, 0.717) is 17.3 Å². The fraction of sp³-hybridized carbons (Fsp3) is 0.312. The van der Waals surface area contributed by atoms with Gasteiger partial charge in [-0.1, -0.05) is 27.5 Å². The van der Waals surface area contributed by atoms with Gasteiger partial charge in [-0.3, -0.25) is 4.98 Å². The highest BCUT2D eigenvalue weighted by Gasteiger charge is 2.18. The number of pyridine rings is 1. The highest BCUT2D eigenvalue weighted by atomic mass is 79.9. The van der Waals surface area contributed by atoms with Crippen LogP contribution >= 0.6 is 27.5 Å². The van der Waals surface area contributed by atoms with Crippen LogP contribution in [-0.2, 0) is 6.54 Å². The third kappa shape index (κ3) is 2.82.